The molecule has 1 N–H and O–H groups in total. The predicted molar refractivity (Wildman–Crippen MR) is 92.8 cm³/mol. The van der Waals surface area contributed by atoms with Crippen LogP contribution in [0, 0.1) is 16.0 Å². The second-order valence-electron chi connectivity index (χ2n) is 7.40. The van der Waals surface area contributed by atoms with Crippen LogP contribution < -0.4 is 10.1 Å². The van der Waals surface area contributed by atoms with Gasteiger partial charge in [-0.3, -0.25) is 19.8 Å². The van der Waals surface area contributed by atoms with Crippen molar-refractivity contribution in [1.29, 1.82) is 0 Å². The zero-order valence-corrected chi connectivity index (χ0v) is 15.0. The van der Waals surface area contributed by atoms with Crippen molar-refractivity contribution >= 4 is 17.6 Å². The number of carbonyl (C=O) groups is 2. The molecular weight excluding hydrogens is 354 g/mol. The second kappa shape index (κ2) is 6.49. The molecule has 2 heterocycles. The largest absolute Gasteiger partial charge is 0.467 e. The first-order valence-electron chi connectivity index (χ1n) is 9.07. The van der Waals surface area contributed by atoms with E-state index in [2.05, 4.69) is 5.32 Å². The number of nitro groups is 1. The number of nitrogens with zero attached hydrogens (tertiary/aromatic N) is 2. The highest BCUT2D eigenvalue weighted by Gasteiger charge is 2.54. The van der Waals surface area contributed by atoms with Crippen molar-refractivity contribution in [2.24, 2.45) is 5.92 Å². The molecule has 4 rings (SSSR count). The minimum Gasteiger partial charge on any atom is -0.467 e. The molecule has 144 valence electrons. The highest BCUT2D eigenvalue weighted by atomic mass is 16.7. The smallest absolute Gasteiger partial charge is 0.325 e. The molecule has 1 aliphatic carbocycles. The Kier molecular flexibility index (Phi) is 4.26. The van der Waals surface area contributed by atoms with Crippen LogP contribution in [0.3, 0.4) is 0 Å². The minimum atomic E-state index is -0.861. The third-order valence-corrected chi connectivity index (χ3v) is 5.81. The van der Waals surface area contributed by atoms with Gasteiger partial charge in [0, 0.05) is 23.3 Å². The fraction of sp³-hybridized carbons (Fsp3) is 0.556. The van der Waals surface area contributed by atoms with Crippen molar-refractivity contribution in [3.05, 3.63) is 33.4 Å². The Labute approximate surface area is 155 Å². The third-order valence-electron chi connectivity index (χ3n) is 5.81. The van der Waals surface area contributed by atoms with Gasteiger partial charge in [-0.25, -0.2) is 4.79 Å². The summed E-state index contributed by atoms with van der Waals surface area (Å²) in [5, 5.41) is 14.1. The number of amides is 3. The number of nitro benzene ring substituents is 1. The van der Waals surface area contributed by atoms with Crippen molar-refractivity contribution < 1.29 is 24.0 Å². The molecule has 1 saturated heterocycles. The van der Waals surface area contributed by atoms with E-state index in [0.29, 0.717) is 23.3 Å². The van der Waals surface area contributed by atoms with Gasteiger partial charge in [-0.2, -0.15) is 0 Å². The number of rotatable bonds is 3. The van der Waals surface area contributed by atoms with Crippen LogP contribution in [0.15, 0.2) is 12.1 Å². The first kappa shape index (κ1) is 17.7. The molecule has 0 radical (unpaired) electrons. The van der Waals surface area contributed by atoms with Gasteiger partial charge in [-0.1, -0.05) is 19.8 Å². The van der Waals surface area contributed by atoms with E-state index in [-0.39, 0.29) is 37.5 Å². The normalized spacial score (nSPS) is 27.3. The Morgan fingerprint density at radius 3 is 2.93 bits per heavy atom. The van der Waals surface area contributed by atoms with E-state index >= 15 is 0 Å². The van der Waals surface area contributed by atoms with Crippen LogP contribution in [0.5, 0.6) is 5.75 Å². The summed E-state index contributed by atoms with van der Waals surface area (Å²) in [5.41, 5.74) is -0.00417. The summed E-state index contributed by atoms with van der Waals surface area (Å²) >= 11 is 0. The number of fused-ring (bicyclic) bond motifs is 1. The lowest BCUT2D eigenvalue weighted by molar-refractivity contribution is -0.385. The van der Waals surface area contributed by atoms with Gasteiger partial charge >= 0.3 is 6.03 Å². The quantitative estimate of drug-likeness (QED) is 0.493. The van der Waals surface area contributed by atoms with Crippen molar-refractivity contribution in [3.8, 4) is 5.75 Å². The maximum atomic E-state index is 13.1. The van der Waals surface area contributed by atoms with Gasteiger partial charge in [0.25, 0.3) is 11.6 Å². The van der Waals surface area contributed by atoms with E-state index in [1.54, 1.807) is 0 Å². The van der Waals surface area contributed by atoms with Crippen molar-refractivity contribution in [1.82, 2.24) is 10.2 Å². The number of urea groups is 1. The molecule has 0 unspecified atom stereocenters. The summed E-state index contributed by atoms with van der Waals surface area (Å²) in [5.74, 6) is 0.244. The standard InChI is InChI=1S/C18H21N3O6/c1-11-4-2-3-5-18(11)16(22)20(17(23)19-18)8-12-6-14(21(24)25)7-13-9-26-10-27-15(12)13/h6-7,11H,2-5,8-10H2,1H3,(H,19,23)/t11-,18+/m1/s1. The molecule has 9 heteroatoms. The van der Waals surface area contributed by atoms with Crippen LogP contribution in [0.25, 0.3) is 0 Å². The molecule has 2 atom stereocenters. The SMILES string of the molecule is C[C@@H]1CCCC[C@]12NC(=O)N(Cc1cc([N+](=O)[O-])cc3c1OCOC3)C2=O. The Morgan fingerprint density at radius 1 is 1.37 bits per heavy atom. The second-order valence-corrected chi connectivity index (χ2v) is 7.40. The van der Waals surface area contributed by atoms with E-state index in [1.807, 2.05) is 6.92 Å². The summed E-state index contributed by atoms with van der Waals surface area (Å²) in [7, 11) is 0. The van der Waals surface area contributed by atoms with Gasteiger partial charge in [0.2, 0.25) is 0 Å². The Balaban J connectivity index is 1.68. The number of non-ortho nitro benzene ring substituents is 1. The molecule has 3 aliphatic rings. The van der Waals surface area contributed by atoms with Gasteiger partial charge in [-0.05, 0) is 18.8 Å². The van der Waals surface area contributed by atoms with E-state index < -0.39 is 16.5 Å². The van der Waals surface area contributed by atoms with Crippen molar-refractivity contribution in [3.63, 3.8) is 0 Å². The summed E-state index contributed by atoms with van der Waals surface area (Å²) in [6.45, 7) is 2.13. The number of hydrogen-bond donors (Lipinski definition) is 1. The third kappa shape index (κ3) is 2.82. The number of nitrogens with one attached hydrogen (secondary N) is 1. The number of imide groups is 1. The minimum absolute atomic E-state index is 0.0267. The van der Waals surface area contributed by atoms with E-state index in [9.17, 15) is 19.7 Å². The van der Waals surface area contributed by atoms with Crippen molar-refractivity contribution in [2.45, 2.75) is 51.3 Å². The molecule has 1 aromatic carbocycles. The molecular formula is C18H21N3O6. The zero-order valence-electron chi connectivity index (χ0n) is 15.0. The van der Waals surface area contributed by atoms with Crippen LogP contribution in [0.4, 0.5) is 10.5 Å². The summed E-state index contributed by atoms with van der Waals surface area (Å²) < 4.78 is 10.7. The Hall–Kier alpha value is -2.68. The molecule has 27 heavy (non-hydrogen) atoms. The van der Waals surface area contributed by atoms with Crippen LogP contribution in [-0.2, 0) is 22.7 Å². The highest BCUT2D eigenvalue weighted by Crippen LogP contribution is 2.40. The lowest BCUT2D eigenvalue weighted by Gasteiger charge is -2.36. The van der Waals surface area contributed by atoms with E-state index in [1.165, 1.54) is 12.1 Å². The summed E-state index contributed by atoms with van der Waals surface area (Å²) in [6.07, 6.45) is 3.42. The molecule has 0 bridgehead atoms. The maximum absolute atomic E-state index is 13.1. The van der Waals surface area contributed by atoms with Crippen LogP contribution in [-0.4, -0.2) is 34.1 Å². The fourth-order valence-electron chi connectivity index (χ4n) is 4.31. The van der Waals surface area contributed by atoms with Gasteiger partial charge in [0.05, 0.1) is 18.1 Å². The van der Waals surface area contributed by atoms with Gasteiger partial charge in [-0.15, -0.1) is 0 Å². The van der Waals surface area contributed by atoms with Gasteiger partial charge < -0.3 is 14.8 Å². The number of carbonyl (C=O) groups excluding carboxylic acids is 2. The van der Waals surface area contributed by atoms with Gasteiger partial charge in [0.15, 0.2) is 6.79 Å². The number of hydrogen-bond acceptors (Lipinski definition) is 6. The zero-order chi connectivity index (χ0) is 19.2. The Morgan fingerprint density at radius 2 is 2.19 bits per heavy atom. The Bertz CT molecular complexity index is 826. The monoisotopic (exact) mass is 375 g/mol. The average Bonchev–Trinajstić information content (AvgIpc) is 2.89. The number of ether oxygens (including phenoxy) is 2. The molecule has 1 spiro atoms. The maximum Gasteiger partial charge on any atom is 0.325 e. The van der Waals surface area contributed by atoms with Gasteiger partial charge in [0.1, 0.15) is 11.3 Å². The first-order chi connectivity index (χ1) is 12.9. The molecule has 1 aromatic rings. The van der Waals surface area contributed by atoms with Crippen LogP contribution in [0.2, 0.25) is 0 Å². The van der Waals surface area contributed by atoms with Crippen LogP contribution >= 0.6 is 0 Å². The van der Waals surface area contributed by atoms with Crippen LogP contribution in [0.1, 0.15) is 43.7 Å². The average molecular weight is 375 g/mol. The fourth-order valence-corrected chi connectivity index (χ4v) is 4.31. The summed E-state index contributed by atoms with van der Waals surface area (Å²) in [6, 6.07) is 2.30. The highest BCUT2D eigenvalue weighted by molar-refractivity contribution is 6.07. The first-order valence-corrected chi connectivity index (χ1v) is 9.07. The molecule has 9 nitrogen and oxygen atoms in total. The lowest BCUT2D eigenvalue weighted by atomic mass is 9.73. The molecule has 2 fully saturated rings. The summed E-state index contributed by atoms with van der Waals surface area (Å²) in [4.78, 5) is 37.6. The molecule has 0 aromatic heterocycles. The molecule has 3 amide bonds. The van der Waals surface area contributed by atoms with E-state index in [4.69, 9.17) is 9.47 Å². The topological polar surface area (TPSA) is 111 Å². The predicted octanol–water partition coefficient (Wildman–Crippen LogP) is 2.46. The lowest BCUT2D eigenvalue weighted by Crippen LogP contribution is -2.53. The number of benzene rings is 1. The van der Waals surface area contributed by atoms with E-state index in [0.717, 1.165) is 24.2 Å². The molecule has 1 saturated carbocycles. The molecule has 2 aliphatic heterocycles. The van der Waals surface area contributed by atoms with Crippen molar-refractivity contribution in [2.75, 3.05) is 6.79 Å².